The smallest absolute Gasteiger partial charge is 0.0167 e. The zero-order chi connectivity index (χ0) is 39.0. The van der Waals surface area contributed by atoms with E-state index in [9.17, 15) is 0 Å². The summed E-state index contributed by atoms with van der Waals surface area (Å²) in [6.07, 6.45) is 6.54. The molecule has 0 amide bonds. The molecule has 0 aromatic rings. The molecule has 0 aromatic carbocycles. The van der Waals surface area contributed by atoms with E-state index >= 15 is 0 Å². The lowest BCUT2D eigenvalue weighted by atomic mass is 9.30. The lowest BCUT2D eigenvalue weighted by Gasteiger charge is -2.74. The summed E-state index contributed by atoms with van der Waals surface area (Å²) < 4.78 is 0. The summed E-state index contributed by atoms with van der Waals surface area (Å²) in [5.74, 6) is 32.9. The fourth-order valence-electron chi connectivity index (χ4n) is 24.1. The average Bonchev–Trinajstić information content (AvgIpc) is 3.90. The highest BCUT2D eigenvalue weighted by Crippen LogP contribution is 2.88. The molecule has 11 aliphatic carbocycles. The molecule has 11 saturated carbocycles. The molecule has 1 spiro atoms. The van der Waals surface area contributed by atoms with Crippen LogP contribution in [-0.2, 0) is 0 Å². The summed E-state index contributed by atoms with van der Waals surface area (Å²) in [4.78, 5) is 0. The maximum atomic E-state index is 2.90. The van der Waals surface area contributed by atoms with Crippen LogP contribution < -0.4 is 0 Å². The molecular formula is C55H90. The first kappa shape index (κ1) is 38.0. The molecule has 33 atom stereocenters. The molecule has 11 aliphatic rings. The Morgan fingerprint density at radius 2 is 0.636 bits per heavy atom. The van der Waals surface area contributed by atoms with Crippen LogP contribution in [-0.4, -0.2) is 0 Å². The molecule has 11 fully saturated rings. The maximum absolute atomic E-state index is 2.90. The van der Waals surface area contributed by atoms with Crippen LogP contribution in [0.2, 0.25) is 0 Å². The number of hydrogen-bond acceptors (Lipinski definition) is 0. The van der Waals surface area contributed by atoms with Crippen molar-refractivity contribution in [3.05, 3.63) is 0 Å². The lowest BCUT2D eigenvalue weighted by Crippen LogP contribution is -2.70. The van der Waals surface area contributed by atoms with Crippen LogP contribution in [0.4, 0.5) is 0 Å². The summed E-state index contributed by atoms with van der Waals surface area (Å²) in [7, 11) is 0. The molecule has 0 aliphatic heterocycles. The quantitative estimate of drug-likeness (QED) is 0.250. The van der Waals surface area contributed by atoms with E-state index in [4.69, 9.17) is 0 Å². The van der Waals surface area contributed by atoms with Crippen molar-refractivity contribution < 1.29 is 0 Å². The Labute approximate surface area is 341 Å². The topological polar surface area (TPSA) is 0 Å². The zero-order valence-electron chi connectivity index (χ0n) is 39.0. The fourth-order valence-corrected chi connectivity index (χ4v) is 24.1. The van der Waals surface area contributed by atoms with Crippen molar-refractivity contribution >= 4 is 0 Å². The van der Waals surface area contributed by atoms with Crippen LogP contribution in [0.3, 0.4) is 0 Å². The Hall–Kier alpha value is 0. The molecule has 0 heteroatoms. The van der Waals surface area contributed by atoms with E-state index < -0.39 is 0 Å². The van der Waals surface area contributed by atoms with Crippen LogP contribution in [0, 0.1) is 207 Å². The predicted octanol–water partition coefficient (Wildman–Crippen LogP) is 14.0. The van der Waals surface area contributed by atoms with Crippen molar-refractivity contribution in [3.8, 4) is 0 Å². The Balaban J connectivity index is 1.15. The van der Waals surface area contributed by atoms with E-state index in [0.717, 1.165) is 201 Å². The second-order valence-electron chi connectivity index (χ2n) is 26.6. The highest BCUT2D eigenvalue weighted by Gasteiger charge is 2.84. The highest BCUT2D eigenvalue weighted by molar-refractivity contribution is 5.31. The Morgan fingerprint density at radius 1 is 0.236 bits per heavy atom. The van der Waals surface area contributed by atoms with Gasteiger partial charge in [-0.25, -0.2) is 0 Å². The molecule has 11 rings (SSSR count). The molecular weight excluding hydrogens is 661 g/mol. The summed E-state index contributed by atoms with van der Waals surface area (Å²) in [6.45, 7) is 44.5. The van der Waals surface area contributed by atoms with Gasteiger partial charge in [0.2, 0.25) is 0 Å². The standard InChI is InChI=1S/C55H90/c1-21-17-42-48-37(22(21)2)18-41-49(44-32(12)25(5)23(3)26(6)33(44)13)46-36(16)31(11)40-19-39-30(10)28(8)35(15)47-51-43(55(42,53(39)47)54(40)52(46)50(41)48)20-38-29(9)24(4)27(7)34(14)45(38)51/h21-54H,17-20H2,1-16H3. The second kappa shape index (κ2) is 12.1. The minimum absolute atomic E-state index is 0.642. The Bertz CT molecular complexity index is 1510. The zero-order valence-corrected chi connectivity index (χ0v) is 39.0. The molecule has 0 heterocycles. The monoisotopic (exact) mass is 751 g/mol. The van der Waals surface area contributed by atoms with Gasteiger partial charge in [-0.05, 0) is 232 Å². The first-order chi connectivity index (χ1) is 26.0. The summed E-state index contributed by atoms with van der Waals surface area (Å²) in [6, 6.07) is 0. The molecule has 0 nitrogen and oxygen atoms in total. The van der Waals surface area contributed by atoms with Gasteiger partial charge >= 0.3 is 0 Å². The molecule has 310 valence electrons. The molecule has 0 bridgehead atoms. The van der Waals surface area contributed by atoms with E-state index in [-0.39, 0.29) is 0 Å². The van der Waals surface area contributed by atoms with E-state index in [0.29, 0.717) is 5.41 Å². The van der Waals surface area contributed by atoms with Crippen molar-refractivity contribution in [1.29, 1.82) is 0 Å². The molecule has 0 saturated heterocycles. The van der Waals surface area contributed by atoms with Crippen LogP contribution >= 0.6 is 0 Å². The predicted molar refractivity (Wildman–Crippen MR) is 230 cm³/mol. The van der Waals surface area contributed by atoms with Gasteiger partial charge < -0.3 is 0 Å². The van der Waals surface area contributed by atoms with Crippen molar-refractivity contribution in [2.45, 2.75) is 136 Å². The van der Waals surface area contributed by atoms with Gasteiger partial charge in [-0.3, -0.25) is 0 Å². The van der Waals surface area contributed by atoms with Gasteiger partial charge in [0.1, 0.15) is 0 Å². The average molecular weight is 751 g/mol. The molecule has 0 radical (unpaired) electrons. The van der Waals surface area contributed by atoms with Crippen LogP contribution in [0.5, 0.6) is 0 Å². The van der Waals surface area contributed by atoms with Crippen molar-refractivity contribution in [3.63, 3.8) is 0 Å². The van der Waals surface area contributed by atoms with E-state index in [1.54, 1.807) is 25.7 Å². The van der Waals surface area contributed by atoms with Gasteiger partial charge in [-0.1, -0.05) is 111 Å². The minimum Gasteiger partial charge on any atom is -0.0622 e. The van der Waals surface area contributed by atoms with E-state index in [1.807, 2.05) is 0 Å². The van der Waals surface area contributed by atoms with Gasteiger partial charge in [-0.2, -0.15) is 0 Å². The first-order valence-electron chi connectivity index (χ1n) is 26.0. The minimum atomic E-state index is 0.642. The van der Waals surface area contributed by atoms with Crippen LogP contribution in [0.25, 0.3) is 0 Å². The van der Waals surface area contributed by atoms with Gasteiger partial charge in [0.15, 0.2) is 0 Å². The Morgan fingerprint density at radius 3 is 1.27 bits per heavy atom. The molecule has 55 heavy (non-hydrogen) atoms. The summed E-state index contributed by atoms with van der Waals surface area (Å²) >= 11 is 0. The van der Waals surface area contributed by atoms with Crippen LogP contribution in [0.1, 0.15) is 136 Å². The van der Waals surface area contributed by atoms with Gasteiger partial charge in [0, 0.05) is 0 Å². The third-order valence-corrected chi connectivity index (χ3v) is 27.4. The first-order valence-corrected chi connectivity index (χ1v) is 26.0. The number of hydrogen-bond donors (Lipinski definition) is 0. The normalized spacial score (nSPS) is 72.9. The highest BCUT2D eigenvalue weighted by atomic mass is 14.9. The summed E-state index contributed by atoms with van der Waals surface area (Å²) in [5, 5.41) is 0. The van der Waals surface area contributed by atoms with Crippen molar-refractivity contribution in [2.24, 2.45) is 207 Å². The third-order valence-electron chi connectivity index (χ3n) is 27.4. The number of fused-ring (bicyclic) bond motifs is 4. The SMILES string of the molecule is CC1CC2C3C(CC4C(C5C(C)C(C)C(C)C(C)C5C)C5C(C)C(C)C6CC7C(C)C(C)C(C)C8C9C%10C(C)C(C)C(C)C(C)C%10CC9C2(C78)C6C5C43)C1C. The van der Waals surface area contributed by atoms with Crippen molar-refractivity contribution in [2.75, 3.05) is 0 Å². The maximum Gasteiger partial charge on any atom is -0.0167 e. The van der Waals surface area contributed by atoms with Gasteiger partial charge in [0.25, 0.3) is 0 Å². The van der Waals surface area contributed by atoms with Gasteiger partial charge in [0.05, 0.1) is 0 Å². The van der Waals surface area contributed by atoms with E-state index in [1.165, 1.54) is 0 Å². The largest absolute Gasteiger partial charge is 0.0622 e. The molecule has 0 N–H and O–H groups in total. The fraction of sp³-hybridized carbons (Fsp3) is 1.00. The second-order valence-corrected chi connectivity index (χ2v) is 26.6. The third kappa shape index (κ3) is 4.13. The molecule has 33 unspecified atom stereocenters. The van der Waals surface area contributed by atoms with Gasteiger partial charge in [-0.15, -0.1) is 0 Å². The molecule has 0 aromatic heterocycles. The lowest BCUT2D eigenvalue weighted by molar-refractivity contribution is -0.268. The van der Waals surface area contributed by atoms with Crippen molar-refractivity contribution in [1.82, 2.24) is 0 Å². The summed E-state index contributed by atoms with van der Waals surface area (Å²) in [5.41, 5.74) is 0.642. The van der Waals surface area contributed by atoms with E-state index in [2.05, 4.69) is 111 Å². The Kier molecular flexibility index (Phi) is 8.35. The van der Waals surface area contributed by atoms with Crippen LogP contribution in [0.15, 0.2) is 0 Å². The number of rotatable bonds is 1.